The molecule has 1 saturated carbocycles. The first-order valence-electron chi connectivity index (χ1n) is 7.59. The van der Waals surface area contributed by atoms with Gasteiger partial charge in [-0.3, -0.25) is 4.68 Å². The third kappa shape index (κ3) is 2.67. The lowest BCUT2D eigenvalue weighted by molar-refractivity contribution is 0.504. The topological polar surface area (TPSA) is 29.9 Å². The molecule has 0 saturated heterocycles. The number of rotatable bonds is 6. The van der Waals surface area contributed by atoms with E-state index in [1.807, 2.05) is 23.1 Å². The van der Waals surface area contributed by atoms with Gasteiger partial charge in [-0.2, -0.15) is 5.10 Å². The van der Waals surface area contributed by atoms with Crippen molar-refractivity contribution in [1.82, 2.24) is 15.1 Å². The molecule has 4 heteroatoms. The number of aryl methyl sites for hydroxylation is 2. The molecular formula is C16H23N3S. The average molecular weight is 289 g/mol. The van der Waals surface area contributed by atoms with Crippen molar-refractivity contribution in [3.05, 3.63) is 28.9 Å². The van der Waals surface area contributed by atoms with E-state index >= 15 is 0 Å². The molecule has 108 valence electrons. The van der Waals surface area contributed by atoms with Gasteiger partial charge in [0.2, 0.25) is 0 Å². The van der Waals surface area contributed by atoms with Gasteiger partial charge in [-0.15, -0.1) is 11.3 Å². The van der Waals surface area contributed by atoms with E-state index < -0.39 is 0 Å². The minimum Gasteiger partial charge on any atom is -0.309 e. The van der Waals surface area contributed by atoms with Crippen LogP contribution in [0.3, 0.4) is 0 Å². The van der Waals surface area contributed by atoms with Gasteiger partial charge in [-0.25, -0.2) is 0 Å². The molecule has 2 heterocycles. The summed E-state index contributed by atoms with van der Waals surface area (Å²) >= 11 is 1.93. The molecule has 1 aliphatic rings. The molecule has 20 heavy (non-hydrogen) atoms. The van der Waals surface area contributed by atoms with Crippen LogP contribution in [0.1, 0.15) is 43.3 Å². The molecule has 1 fully saturated rings. The van der Waals surface area contributed by atoms with Crippen molar-refractivity contribution in [2.24, 2.45) is 13.0 Å². The summed E-state index contributed by atoms with van der Waals surface area (Å²) in [6, 6.07) is 5.13. The number of nitrogens with one attached hydrogen (secondary N) is 1. The lowest BCUT2D eigenvalue weighted by atomic mass is 10.1. The highest BCUT2D eigenvalue weighted by molar-refractivity contribution is 7.15. The fourth-order valence-corrected chi connectivity index (χ4v) is 4.02. The molecule has 1 unspecified atom stereocenters. The number of hydrogen-bond donors (Lipinski definition) is 1. The van der Waals surface area contributed by atoms with E-state index in [0.717, 1.165) is 18.9 Å². The Morgan fingerprint density at radius 3 is 2.85 bits per heavy atom. The Morgan fingerprint density at radius 1 is 1.40 bits per heavy atom. The Balaban J connectivity index is 1.88. The molecule has 1 atom stereocenters. The average Bonchev–Trinajstić information content (AvgIpc) is 3.03. The molecule has 3 nitrogen and oxygen atoms in total. The number of nitrogens with zero attached hydrogens (tertiary/aromatic N) is 2. The van der Waals surface area contributed by atoms with E-state index in [4.69, 9.17) is 0 Å². The molecule has 1 N–H and O–H groups in total. The molecule has 3 rings (SSSR count). The van der Waals surface area contributed by atoms with Crippen LogP contribution in [0.25, 0.3) is 10.4 Å². The summed E-state index contributed by atoms with van der Waals surface area (Å²) in [5.41, 5.74) is 2.50. The molecule has 0 bridgehead atoms. The first kappa shape index (κ1) is 13.8. The van der Waals surface area contributed by atoms with E-state index in [9.17, 15) is 0 Å². The van der Waals surface area contributed by atoms with Crippen LogP contribution in [0.4, 0.5) is 0 Å². The maximum atomic E-state index is 4.55. The fourth-order valence-electron chi connectivity index (χ4n) is 2.82. The van der Waals surface area contributed by atoms with Crippen molar-refractivity contribution in [3.8, 4) is 10.4 Å². The first-order valence-corrected chi connectivity index (χ1v) is 8.40. The zero-order valence-electron chi connectivity index (χ0n) is 12.5. The Morgan fingerprint density at radius 2 is 2.20 bits per heavy atom. The zero-order valence-corrected chi connectivity index (χ0v) is 13.3. The highest BCUT2D eigenvalue weighted by Crippen LogP contribution is 2.44. The van der Waals surface area contributed by atoms with Gasteiger partial charge in [0.05, 0.1) is 5.69 Å². The van der Waals surface area contributed by atoms with Gasteiger partial charge in [-0.05, 0) is 43.9 Å². The second kappa shape index (κ2) is 5.70. The van der Waals surface area contributed by atoms with Gasteiger partial charge in [0.25, 0.3) is 0 Å². The van der Waals surface area contributed by atoms with Gasteiger partial charge >= 0.3 is 0 Å². The van der Waals surface area contributed by atoms with E-state index in [-0.39, 0.29) is 0 Å². The van der Waals surface area contributed by atoms with E-state index in [2.05, 4.69) is 42.6 Å². The smallest absolute Gasteiger partial charge is 0.0708 e. The van der Waals surface area contributed by atoms with Crippen LogP contribution in [0.15, 0.2) is 18.3 Å². The van der Waals surface area contributed by atoms with Crippen molar-refractivity contribution in [1.29, 1.82) is 0 Å². The van der Waals surface area contributed by atoms with Crippen molar-refractivity contribution in [2.45, 2.75) is 39.2 Å². The van der Waals surface area contributed by atoms with Gasteiger partial charge in [0.15, 0.2) is 0 Å². The van der Waals surface area contributed by atoms with Crippen LogP contribution in [0.2, 0.25) is 0 Å². The highest BCUT2D eigenvalue weighted by atomic mass is 32.1. The minimum atomic E-state index is 0.556. The third-order valence-corrected chi connectivity index (χ3v) is 5.16. The van der Waals surface area contributed by atoms with Crippen LogP contribution in [-0.2, 0) is 13.5 Å². The lowest BCUT2D eigenvalue weighted by Crippen LogP contribution is -2.21. The predicted octanol–water partition coefficient (Wildman–Crippen LogP) is 3.77. The van der Waals surface area contributed by atoms with Crippen molar-refractivity contribution in [3.63, 3.8) is 0 Å². The van der Waals surface area contributed by atoms with Crippen LogP contribution in [0.5, 0.6) is 0 Å². The SMILES string of the molecule is CCNC(c1ccc(-c2cn(C)nc2CC)s1)C1CC1. The van der Waals surface area contributed by atoms with Gasteiger partial charge < -0.3 is 5.32 Å². The summed E-state index contributed by atoms with van der Waals surface area (Å²) in [5, 5.41) is 8.20. The largest absolute Gasteiger partial charge is 0.309 e. The summed E-state index contributed by atoms with van der Waals surface area (Å²) in [5.74, 6) is 0.848. The molecule has 0 aromatic carbocycles. The maximum Gasteiger partial charge on any atom is 0.0708 e. The van der Waals surface area contributed by atoms with Crippen LogP contribution in [-0.4, -0.2) is 16.3 Å². The van der Waals surface area contributed by atoms with Crippen LogP contribution in [0, 0.1) is 5.92 Å². The normalized spacial score (nSPS) is 16.6. The summed E-state index contributed by atoms with van der Waals surface area (Å²) in [6.07, 6.45) is 5.88. The van der Waals surface area contributed by atoms with Crippen molar-refractivity contribution < 1.29 is 0 Å². The minimum absolute atomic E-state index is 0.556. The molecule has 2 aromatic rings. The molecule has 2 aromatic heterocycles. The monoisotopic (exact) mass is 289 g/mol. The molecule has 0 spiro atoms. The predicted molar refractivity (Wildman–Crippen MR) is 85.0 cm³/mol. The van der Waals surface area contributed by atoms with Crippen LogP contribution >= 0.6 is 11.3 Å². The van der Waals surface area contributed by atoms with E-state index in [0.29, 0.717) is 6.04 Å². The Hall–Kier alpha value is -1.13. The molecule has 0 amide bonds. The summed E-state index contributed by atoms with van der Waals surface area (Å²) in [7, 11) is 2.00. The van der Waals surface area contributed by atoms with Gasteiger partial charge in [0, 0.05) is 34.6 Å². The maximum absolute atomic E-state index is 4.55. The number of aromatic nitrogens is 2. The Kier molecular flexibility index (Phi) is 3.94. The van der Waals surface area contributed by atoms with Gasteiger partial charge in [-0.1, -0.05) is 13.8 Å². The molecule has 0 radical (unpaired) electrons. The Bertz CT molecular complexity index is 580. The quantitative estimate of drug-likeness (QED) is 0.877. The van der Waals surface area contributed by atoms with Crippen molar-refractivity contribution in [2.75, 3.05) is 6.54 Å². The highest BCUT2D eigenvalue weighted by Gasteiger charge is 2.32. The van der Waals surface area contributed by atoms with E-state index in [1.54, 1.807) is 0 Å². The summed E-state index contributed by atoms with van der Waals surface area (Å²) in [4.78, 5) is 2.84. The summed E-state index contributed by atoms with van der Waals surface area (Å²) < 4.78 is 1.93. The lowest BCUT2D eigenvalue weighted by Gasteiger charge is -2.15. The third-order valence-electron chi connectivity index (χ3n) is 3.96. The number of thiophene rings is 1. The summed E-state index contributed by atoms with van der Waals surface area (Å²) in [6.45, 7) is 5.41. The first-order chi connectivity index (χ1) is 9.72. The molecular weight excluding hydrogens is 266 g/mol. The fraction of sp³-hybridized carbons (Fsp3) is 0.562. The Labute approximate surface area is 125 Å². The zero-order chi connectivity index (χ0) is 14.1. The second-order valence-electron chi connectivity index (χ2n) is 5.59. The standard InChI is InChI=1S/C16H23N3S/c1-4-13-12(10-19(3)18-13)14-8-9-15(20-14)16(17-5-2)11-6-7-11/h8-11,16-17H,4-7H2,1-3H3. The number of hydrogen-bond acceptors (Lipinski definition) is 3. The van der Waals surface area contributed by atoms with Gasteiger partial charge in [0.1, 0.15) is 0 Å². The van der Waals surface area contributed by atoms with E-state index in [1.165, 1.54) is 33.9 Å². The molecule has 0 aliphatic heterocycles. The van der Waals surface area contributed by atoms with Crippen molar-refractivity contribution >= 4 is 11.3 Å². The molecule has 1 aliphatic carbocycles. The van der Waals surface area contributed by atoms with Crippen LogP contribution < -0.4 is 5.32 Å². The second-order valence-corrected chi connectivity index (χ2v) is 6.71.